The molecule has 1 N–H and O–H groups in total. The number of nitrogens with zero attached hydrogens (tertiary/aromatic N) is 3. The van der Waals surface area contributed by atoms with E-state index in [0.29, 0.717) is 11.6 Å². The minimum absolute atomic E-state index is 0.00673. The maximum atomic E-state index is 12.0. The van der Waals surface area contributed by atoms with Gasteiger partial charge in [-0.15, -0.1) is 0 Å². The molecule has 5 nitrogen and oxygen atoms in total. The van der Waals surface area contributed by atoms with Gasteiger partial charge in [0.2, 0.25) is 0 Å². The highest BCUT2D eigenvalue weighted by atomic mass is 16.2. The molecule has 1 amide bonds. The lowest BCUT2D eigenvalue weighted by Gasteiger charge is -2.28. The van der Waals surface area contributed by atoms with Crippen LogP contribution in [-0.4, -0.2) is 47.2 Å². The van der Waals surface area contributed by atoms with Crippen molar-refractivity contribution in [2.75, 3.05) is 20.1 Å². The highest BCUT2D eigenvalue weighted by Crippen LogP contribution is 2.09. The molecule has 2 heterocycles. The standard InChI is InChI=1S/C12H18N4O/c1-16(9-11-4-2-3-6-13-11)12(17)10-5-7-14-15-8-10/h5,7-8,11,13H,2-4,6,9H2,1H3. The maximum absolute atomic E-state index is 12.0. The van der Waals surface area contributed by atoms with Gasteiger partial charge in [-0.1, -0.05) is 6.42 Å². The van der Waals surface area contributed by atoms with Gasteiger partial charge in [-0.25, -0.2) is 0 Å². The molecule has 1 aliphatic rings. The molecule has 0 spiro atoms. The fourth-order valence-corrected chi connectivity index (χ4v) is 2.13. The monoisotopic (exact) mass is 234 g/mol. The van der Waals surface area contributed by atoms with Crippen molar-refractivity contribution in [3.8, 4) is 0 Å². The summed E-state index contributed by atoms with van der Waals surface area (Å²) in [6.07, 6.45) is 6.68. The summed E-state index contributed by atoms with van der Waals surface area (Å²) in [7, 11) is 1.83. The number of amides is 1. The zero-order valence-electron chi connectivity index (χ0n) is 10.1. The zero-order valence-corrected chi connectivity index (χ0v) is 10.1. The predicted molar refractivity (Wildman–Crippen MR) is 64.6 cm³/mol. The Kier molecular flexibility index (Phi) is 4.03. The van der Waals surface area contributed by atoms with E-state index in [2.05, 4.69) is 15.5 Å². The lowest BCUT2D eigenvalue weighted by Crippen LogP contribution is -2.44. The molecule has 0 radical (unpaired) electrons. The number of carbonyl (C=O) groups excluding carboxylic acids is 1. The second-order valence-corrected chi connectivity index (χ2v) is 4.46. The average Bonchev–Trinajstić information content (AvgIpc) is 2.40. The van der Waals surface area contributed by atoms with Crippen molar-refractivity contribution in [3.05, 3.63) is 24.0 Å². The van der Waals surface area contributed by atoms with Gasteiger partial charge in [0.15, 0.2) is 0 Å². The SMILES string of the molecule is CN(CC1CCCCN1)C(=O)c1ccnnc1. The molecule has 1 aliphatic heterocycles. The molecule has 5 heteroatoms. The van der Waals surface area contributed by atoms with Crippen LogP contribution in [0.25, 0.3) is 0 Å². The maximum Gasteiger partial charge on any atom is 0.255 e. The van der Waals surface area contributed by atoms with Crippen LogP contribution >= 0.6 is 0 Å². The van der Waals surface area contributed by atoms with Crippen molar-refractivity contribution in [3.63, 3.8) is 0 Å². The van der Waals surface area contributed by atoms with Crippen molar-refractivity contribution in [1.82, 2.24) is 20.4 Å². The predicted octanol–water partition coefficient (Wildman–Crippen LogP) is 0.691. The van der Waals surface area contributed by atoms with E-state index in [1.54, 1.807) is 17.2 Å². The molecule has 92 valence electrons. The zero-order chi connectivity index (χ0) is 12.1. The Hall–Kier alpha value is -1.49. The van der Waals surface area contributed by atoms with E-state index in [-0.39, 0.29) is 5.91 Å². The van der Waals surface area contributed by atoms with Gasteiger partial charge < -0.3 is 10.2 Å². The number of likely N-dealkylation sites (N-methyl/N-ethyl adjacent to an activating group) is 1. The number of aromatic nitrogens is 2. The Morgan fingerprint density at radius 2 is 2.41 bits per heavy atom. The van der Waals surface area contributed by atoms with E-state index in [9.17, 15) is 4.79 Å². The van der Waals surface area contributed by atoms with E-state index >= 15 is 0 Å². The van der Waals surface area contributed by atoms with Crippen LogP contribution in [0.1, 0.15) is 29.6 Å². The van der Waals surface area contributed by atoms with Crippen molar-refractivity contribution < 1.29 is 4.79 Å². The van der Waals surface area contributed by atoms with Gasteiger partial charge in [-0.3, -0.25) is 4.79 Å². The molecule has 0 saturated carbocycles. The van der Waals surface area contributed by atoms with Crippen LogP contribution in [0.3, 0.4) is 0 Å². The first kappa shape index (κ1) is 12.0. The van der Waals surface area contributed by atoms with Gasteiger partial charge in [0.1, 0.15) is 0 Å². The van der Waals surface area contributed by atoms with Gasteiger partial charge in [-0.05, 0) is 25.5 Å². The summed E-state index contributed by atoms with van der Waals surface area (Å²) in [6, 6.07) is 2.12. The van der Waals surface area contributed by atoms with Crippen LogP contribution in [0.4, 0.5) is 0 Å². The third kappa shape index (κ3) is 3.23. The molecular weight excluding hydrogens is 216 g/mol. The van der Waals surface area contributed by atoms with Gasteiger partial charge in [0, 0.05) is 19.6 Å². The number of carbonyl (C=O) groups is 1. The Bertz CT molecular complexity index is 362. The largest absolute Gasteiger partial charge is 0.340 e. The van der Waals surface area contributed by atoms with Crippen LogP contribution in [-0.2, 0) is 0 Å². The van der Waals surface area contributed by atoms with Gasteiger partial charge in [0.05, 0.1) is 18.0 Å². The van der Waals surface area contributed by atoms with Crippen LogP contribution in [0.15, 0.2) is 18.5 Å². The average molecular weight is 234 g/mol. The number of piperidine rings is 1. The normalized spacial score (nSPS) is 19.9. The van der Waals surface area contributed by atoms with Gasteiger partial charge in [-0.2, -0.15) is 10.2 Å². The fraction of sp³-hybridized carbons (Fsp3) is 0.583. The molecule has 1 fully saturated rings. The first-order valence-corrected chi connectivity index (χ1v) is 6.03. The first-order chi connectivity index (χ1) is 8.27. The number of hydrogen-bond acceptors (Lipinski definition) is 4. The lowest BCUT2D eigenvalue weighted by atomic mass is 10.0. The Balaban J connectivity index is 1.91. The molecule has 0 bridgehead atoms. The summed E-state index contributed by atoms with van der Waals surface area (Å²) < 4.78 is 0. The van der Waals surface area contributed by atoms with Crippen molar-refractivity contribution in [2.24, 2.45) is 0 Å². The van der Waals surface area contributed by atoms with Crippen LogP contribution < -0.4 is 5.32 Å². The summed E-state index contributed by atoms with van der Waals surface area (Å²) in [5.74, 6) is 0.00673. The van der Waals surface area contributed by atoms with Crippen molar-refractivity contribution in [2.45, 2.75) is 25.3 Å². The molecule has 1 atom stereocenters. The Morgan fingerprint density at radius 1 is 1.53 bits per heavy atom. The Morgan fingerprint density at radius 3 is 3.06 bits per heavy atom. The van der Waals surface area contributed by atoms with E-state index in [1.807, 2.05) is 7.05 Å². The second kappa shape index (κ2) is 5.72. The summed E-state index contributed by atoms with van der Waals surface area (Å²) in [5, 5.41) is 10.8. The molecule has 0 aromatic carbocycles. The quantitative estimate of drug-likeness (QED) is 0.836. The molecule has 1 saturated heterocycles. The molecule has 1 aromatic rings. The minimum atomic E-state index is 0.00673. The molecule has 1 unspecified atom stereocenters. The molecule has 17 heavy (non-hydrogen) atoms. The van der Waals surface area contributed by atoms with Crippen molar-refractivity contribution >= 4 is 5.91 Å². The van der Waals surface area contributed by atoms with Crippen LogP contribution in [0.2, 0.25) is 0 Å². The van der Waals surface area contributed by atoms with Gasteiger partial charge in [0.25, 0.3) is 5.91 Å². The molecule has 2 rings (SSSR count). The van der Waals surface area contributed by atoms with E-state index in [0.717, 1.165) is 19.5 Å². The van der Waals surface area contributed by atoms with E-state index in [4.69, 9.17) is 0 Å². The molecule has 0 aliphatic carbocycles. The number of rotatable bonds is 3. The summed E-state index contributed by atoms with van der Waals surface area (Å²) in [6.45, 7) is 1.81. The summed E-state index contributed by atoms with van der Waals surface area (Å²) in [4.78, 5) is 13.8. The third-order valence-electron chi connectivity index (χ3n) is 3.08. The summed E-state index contributed by atoms with van der Waals surface area (Å²) in [5.41, 5.74) is 0.596. The molecule has 1 aromatic heterocycles. The third-order valence-corrected chi connectivity index (χ3v) is 3.08. The van der Waals surface area contributed by atoms with Crippen molar-refractivity contribution in [1.29, 1.82) is 0 Å². The summed E-state index contributed by atoms with van der Waals surface area (Å²) >= 11 is 0. The Labute approximate surface area is 101 Å². The first-order valence-electron chi connectivity index (χ1n) is 6.03. The van der Waals surface area contributed by atoms with E-state index in [1.165, 1.54) is 19.0 Å². The van der Waals surface area contributed by atoms with Gasteiger partial charge >= 0.3 is 0 Å². The van der Waals surface area contributed by atoms with Crippen LogP contribution in [0, 0.1) is 0 Å². The lowest BCUT2D eigenvalue weighted by molar-refractivity contribution is 0.0774. The topological polar surface area (TPSA) is 58.1 Å². The highest BCUT2D eigenvalue weighted by Gasteiger charge is 2.18. The number of hydrogen-bond donors (Lipinski definition) is 1. The smallest absolute Gasteiger partial charge is 0.255 e. The molecular formula is C12H18N4O. The highest BCUT2D eigenvalue weighted by molar-refractivity contribution is 5.93. The number of nitrogens with one attached hydrogen (secondary N) is 1. The van der Waals surface area contributed by atoms with E-state index < -0.39 is 0 Å². The second-order valence-electron chi connectivity index (χ2n) is 4.46. The van der Waals surface area contributed by atoms with Crippen LogP contribution in [0.5, 0.6) is 0 Å². The minimum Gasteiger partial charge on any atom is -0.340 e. The fourth-order valence-electron chi connectivity index (χ4n) is 2.13.